The van der Waals surface area contributed by atoms with Crippen molar-refractivity contribution >= 4 is 15.9 Å². The van der Waals surface area contributed by atoms with E-state index in [1.807, 2.05) is 0 Å². The molecule has 8 heteroatoms. The van der Waals surface area contributed by atoms with Gasteiger partial charge in [-0.05, 0) is 19.8 Å². The normalized spacial score (nSPS) is 17.4. The van der Waals surface area contributed by atoms with Gasteiger partial charge in [-0.2, -0.15) is 5.10 Å². The Morgan fingerprint density at radius 1 is 1.37 bits per heavy atom. The van der Waals surface area contributed by atoms with Crippen LogP contribution in [0.2, 0.25) is 0 Å². The smallest absolute Gasteiger partial charge is 0.273 e. The van der Waals surface area contributed by atoms with Gasteiger partial charge in [-0.1, -0.05) is 19.3 Å². The standard InChI is InChI=1S/C11H18N4O3S/c1-7-10(19(12,17)18)9(15-14-7)11(16)13-8-5-3-2-4-6-8/h8H,2-6H2,1H3,(H,13,16)(H,14,15)(H2,12,17,18). The Morgan fingerprint density at radius 3 is 2.58 bits per heavy atom. The minimum Gasteiger partial charge on any atom is -0.348 e. The maximum atomic E-state index is 12.1. The quantitative estimate of drug-likeness (QED) is 0.746. The van der Waals surface area contributed by atoms with E-state index in [1.54, 1.807) is 0 Å². The zero-order chi connectivity index (χ0) is 14.0. The third-order valence-corrected chi connectivity index (χ3v) is 4.40. The first-order chi connectivity index (χ1) is 8.89. The van der Waals surface area contributed by atoms with Crippen molar-refractivity contribution in [2.24, 2.45) is 5.14 Å². The fourth-order valence-electron chi connectivity index (χ4n) is 2.42. The fraction of sp³-hybridized carbons (Fsp3) is 0.636. The molecule has 1 saturated carbocycles. The Balaban J connectivity index is 2.20. The Hall–Kier alpha value is -1.41. The third-order valence-electron chi connectivity index (χ3n) is 3.33. The predicted molar refractivity (Wildman–Crippen MR) is 69.0 cm³/mol. The molecule has 0 unspecified atom stereocenters. The summed E-state index contributed by atoms with van der Waals surface area (Å²) in [6.45, 7) is 1.52. The number of rotatable bonds is 3. The van der Waals surface area contributed by atoms with Gasteiger partial charge >= 0.3 is 0 Å². The molecule has 2 rings (SSSR count). The van der Waals surface area contributed by atoms with Crippen LogP contribution >= 0.6 is 0 Å². The lowest BCUT2D eigenvalue weighted by Gasteiger charge is -2.22. The van der Waals surface area contributed by atoms with Crippen molar-refractivity contribution < 1.29 is 13.2 Å². The Bertz CT molecular complexity index is 573. The highest BCUT2D eigenvalue weighted by Gasteiger charge is 2.27. The number of primary sulfonamides is 1. The lowest BCUT2D eigenvalue weighted by molar-refractivity contribution is 0.0919. The van der Waals surface area contributed by atoms with E-state index in [1.165, 1.54) is 13.3 Å². The molecule has 0 radical (unpaired) electrons. The Kier molecular flexibility index (Phi) is 3.91. The summed E-state index contributed by atoms with van der Waals surface area (Å²) in [6.07, 6.45) is 5.16. The van der Waals surface area contributed by atoms with Crippen molar-refractivity contribution in [3.8, 4) is 0 Å². The molecule has 1 aromatic heterocycles. The maximum absolute atomic E-state index is 12.1. The number of carbonyl (C=O) groups is 1. The number of carbonyl (C=O) groups excluding carboxylic acids is 1. The summed E-state index contributed by atoms with van der Waals surface area (Å²) in [5, 5.41) is 14.2. The van der Waals surface area contributed by atoms with Crippen LogP contribution < -0.4 is 10.5 Å². The molecular weight excluding hydrogens is 268 g/mol. The van der Waals surface area contributed by atoms with Gasteiger partial charge in [0.2, 0.25) is 10.0 Å². The number of nitrogens with zero attached hydrogens (tertiary/aromatic N) is 1. The monoisotopic (exact) mass is 286 g/mol. The maximum Gasteiger partial charge on any atom is 0.273 e. The van der Waals surface area contributed by atoms with E-state index in [-0.39, 0.29) is 22.3 Å². The van der Waals surface area contributed by atoms with E-state index in [2.05, 4.69) is 15.5 Å². The second-order valence-electron chi connectivity index (χ2n) is 4.88. The second-order valence-corrected chi connectivity index (χ2v) is 6.38. The number of nitrogens with two attached hydrogens (primary N) is 1. The summed E-state index contributed by atoms with van der Waals surface area (Å²) in [5.74, 6) is -0.486. The summed E-state index contributed by atoms with van der Waals surface area (Å²) in [7, 11) is -3.96. The van der Waals surface area contributed by atoms with E-state index in [9.17, 15) is 13.2 Å². The molecule has 106 valence electrons. The molecule has 1 aliphatic carbocycles. The molecule has 0 spiro atoms. The predicted octanol–water partition coefficient (Wildman–Crippen LogP) is 0.428. The molecular formula is C11H18N4O3S. The molecule has 1 aliphatic rings. The van der Waals surface area contributed by atoms with Crippen molar-refractivity contribution in [2.45, 2.75) is 50.0 Å². The number of H-pyrrole nitrogens is 1. The van der Waals surface area contributed by atoms with Crippen LogP contribution in [0.4, 0.5) is 0 Å². The summed E-state index contributed by atoms with van der Waals surface area (Å²) in [6, 6.07) is 0.0894. The molecule has 7 nitrogen and oxygen atoms in total. The van der Waals surface area contributed by atoms with E-state index < -0.39 is 15.9 Å². The highest BCUT2D eigenvalue weighted by molar-refractivity contribution is 7.89. The summed E-state index contributed by atoms with van der Waals surface area (Å²) >= 11 is 0. The molecule has 0 saturated heterocycles. The number of aryl methyl sites for hydroxylation is 1. The number of aromatic nitrogens is 2. The first-order valence-corrected chi connectivity index (χ1v) is 7.83. The van der Waals surface area contributed by atoms with Gasteiger partial charge in [-0.15, -0.1) is 0 Å². The molecule has 1 aromatic rings. The average Bonchev–Trinajstić information content (AvgIpc) is 2.72. The first kappa shape index (κ1) is 14.0. The molecule has 1 fully saturated rings. The average molecular weight is 286 g/mol. The van der Waals surface area contributed by atoms with Crippen LogP contribution in [0.15, 0.2) is 4.90 Å². The molecule has 0 aliphatic heterocycles. The van der Waals surface area contributed by atoms with Gasteiger partial charge in [0.25, 0.3) is 5.91 Å². The number of hydrogen-bond acceptors (Lipinski definition) is 4. The van der Waals surface area contributed by atoms with Gasteiger partial charge < -0.3 is 5.32 Å². The van der Waals surface area contributed by atoms with E-state index in [4.69, 9.17) is 5.14 Å². The van der Waals surface area contributed by atoms with Crippen LogP contribution in [-0.4, -0.2) is 30.6 Å². The fourth-order valence-corrected chi connectivity index (χ4v) is 3.30. The first-order valence-electron chi connectivity index (χ1n) is 6.28. The molecule has 1 heterocycles. The van der Waals surface area contributed by atoms with Gasteiger partial charge in [0, 0.05) is 6.04 Å². The third kappa shape index (κ3) is 3.13. The number of aromatic amines is 1. The largest absolute Gasteiger partial charge is 0.348 e. The van der Waals surface area contributed by atoms with Crippen molar-refractivity contribution in [1.82, 2.24) is 15.5 Å². The van der Waals surface area contributed by atoms with Crippen LogP contribution in [0.1, 0.15) is 48.3 Å². The lowest BCUT2D eigenvalue weighted by atomic mass is 9.95. The topological polar surface area (TPSA) is 118 Å². The van der Waals surface area contributed by atoms with Crippen LogP contribution in [0.25, 0.3) is 0 Å². The number of hydrogen-bond donors (Lipinski definition) is 3. The summed E-state index contributed by atoms with van der Waals surface area (Å²) in [4.78, 5) is 11.9. The number of nitrogens with one attached hydrogen (secondary N) is 2. The summed E-state index contributed by atoms with van der Waals surface area (Å²) in [5.41, 5.74) is 0.127. The van der Waals surface area contributed by atoms with Gasteiger partial charge in [0.15, 0.2) is 5.69 Å². The van der Waals surface area contributed by atoms with Gasteiger partial charge in [-0.3, -0.25) is 9.89 Å². The van der Waals surface area contributed by atoms with Crippen LogP contribution in [-0.2, 0) is 10.0 Å². The number of sulfonamides is 1. The molecule has 0 aromatic carbocycles. The molecule has 0 atom stereocenters. The van der Waals surface area contributed by atoms with Gasteiger partial charge in [-0.25, -0.2) is 13.6 Å². The highest BCUT2D eigenvalue weighted by Crippen LogP contribution is 2.19. The van der Waals surface area contributed by atoms with Crippen molar-refractivity contribution in [3.05, 3.63) is 11.4 Å². The summed E-state index contributed by atoms with van der Waals surface area (Å²) < 4.78 is 22.9. The van der Waals surface area contributed by atoms with Crippen LogP contribution in [0, 0.1) is 6.92 Å². The van der Waals surface area contributed by atoms with Gasteiger partial charge in [0.05, 0.1) is 5.69 Å². The minimum absolute atomic E-state index is 0.0894. The van der Waals surface area contributed by atoms with E-state index in [0.717, 1.165) is 25.7 Å². The molecule has 19 heavy (non-hydrogen) atoms. The SMILES string of the molecule is Cc1[nH]nc(C(=O)NC2CCCCC2)c1S(N)(=O)=O. The number of amides is 1. The minimum atomic E-state index is -3.96. The van der Waals surface area contributed by atoms with Crippen molar-refractivity contribution in [2.75, 3.05) is 0 Å². The molecule has 0 bridgehead atoms. The van der Waals surface area contributed by atoms with Crippen LogP contribution in [0.5, 0.6) is 0 Å². The Morgan fingerprint density at radius 2 is 2.00 bits per heavy atom. The molecule has 4 N–H and O–H groups in total. The Labute approximate surface area is 112 Å². The lowest BCUT2D eigenvalue weighted by Crippen LogP contribution is -2.37. The van der Waals surface area contributed by atoms with Crippen LogP contribution in [0.3, 0.4) is 0 Å². The van der Waals surface area contributed by atoms with E-state index >= 15 is 0 Å². The van der Waals surface area contributed by atoms with E-state index in [0.29, 0.717) is 0 Å². The highest BCUT2D eigenvalue weighted by atomic mass is 32.2. The second kappa shape index (κ2) is 5.30. The van der Waals surface area contributed by atoms with Crippen molar-refractivity contribution in [1.29, 1.82) is 0 Å². The van der Waals surface area contributed by atoms with Crippen molar-refractivity contribution in [3.63, 3.8) is 0 Å². The zero-order valence-corrected chi connectivity index (χ0v) is 11.6. The zero-order valence-electron chi connectivity index (χ0n) is 10.8. The molecule has 1 amide bonds. The van der Waals surface area contributed by atoms with Gasteiger partial charge in [0.1, 0.15) is 4.90 Å².